The number of rotatable bonds is 1. The van der Waals surface area contributed by atoms with Gasteiger partial charge in [0.05, 0.1) is 5.69 Å². The molecule has 0 aromatic carbocycles. The van der Waals surface area contributed by atoms with Gasteiger partial charge >= 0.3 is 6.18 Å². The van der Waals surface area contributed by atoms with E-state index in [1.54, 1.807) is 6.92 Å². The normalized spacial score (nSPS) is 12.0. The molecule has 0 atom stereocenters. The van der Waals surface area contributed by atoms with Crippen molar-refractivity contribution in [1.82, 2.24) is 9.55 Å². The fourth-order valence-electron chi connectivity index (χ4n) is 0.885. The standard InChI is InChI=1S/C6H8F3N3/c1-4-2-12(5(10)11-4)3-6(7,8)9/h2H,3H2,1H3,(H2,10,11). The quantitative estimate of drug-likeness (QED) is 0.706. The highest BCUT2D eigenvalue weighted by atomic mass is 19.4. The molecular formula is C6H8F3N3. The largest absolute Gasteiger partial charge is 0.406 e. The Morgan fingerprint density at radius 3 is 2.50 bits per heavy atom. The number of anilines is 1. The highest BCUT2D eigenvalue weighted by molar-refractivity contribution is 5.21. The van der Waals surface area contributed by atoms with E-state index in [0.717, 1.165) is 4.57 Å². The molecule has 6 heteroatoms. The first-order valence-corrected chi connectivity index (χ1v) is 3.24. The molecule has 3 nitrogen and oxygen atoms in total. The van der Waals surface area contributed by atoms with Crippen LogP contribution in [0.4, 0.5) is 19.1 Å². The predicted molar refractivity (Wildman–Crippen MR) is 37.4 cm³/mol. The second kappa shape index (κ2) is 2.69. The lowest BCUT2D eigenvalue weighted by atomic mass is 10.5. The van der Waals surface area contributed by atoms with E-state index in [1.165, 1.54) is 6.20 Å². The molecule has 0 fully saturated rings. The topological polar surface area (TPSA) is 43.8 Å². The summed E-state index contributed by atoms with van der Waals surface area (Å²) in [6, 6.07) is 0. The zero-order valence-electron chi connectivity index (χ0n) is 6.39. The molecule has 68 valence electrons. The number of aromatic nitrogens is 2. The zero-order valence-corrected chi connectivity index (χ0v) is 6.39. The SMILES string of the molecule is Cc1cn(CC(F)(F)F)c(N)n1. The summed E-state index contributed by atoms with van der Waals surface area (Å²) in [5.41, 5.74) is 5.68. The monoisotopic (exact) mass is 179 g/mol. The van der Waals surface area contributed by atoms with Crippen molar-refractivity contribution >= 4 is 5.95 Å². The minimum atomic E-state index is -4.25. The van der Waals surface area contributed by atoms with Crippen molar-refractivity contribution in [2.45, 2.75) is 19.6 Å². The van der Waals surface area contributed by atoms with Gasteiger partial charge in [-0.15, -0.1) is 0 Å². The Bertz CT molecular complexity index is 276. The fourth-order valence-corrected chi connectivity index (χ4v) is 0.885. The second-order valence-corrected chi connectivity index (χ2v) is 2.48. The number of hydrogen-bond donors (Lipinski definition) is 1. The number of aryl methyl sites for hydroxylation is 1. The van der Waals surface area contributed by atoms with Crippen LogP contribution in [-0.4, -0.2) is 15.7 Å². The molecule has 0 bridgehead atoms. The summed E-state index contributed by atoms with van der Waals surface area (Å²) in [7, 11) is 0. The lowest BCUT2D eigenvalue weighted by Crippen LogP contribution is -2.18. The minimum absolute atomic E-state index is 0.107. The van der Waals surface area contributed by atoms with Crippen molar-refractivity contribution < 1.29 is 13.2 Å². The van der Waals surface area contributed by atoms with Crippen molar-refractivity contribution in [2.75, 3.05) is 5.73 Å². The first kappa shape index (κ1) is 8.89. The van der Waals surface area contributed by atoms with Gasteiger partial charge in [0.15, 0.2) is 0 Å². The third kappa shape index (κ3) is 2.14. The number of imidazole rings is 1. The fraction of sp³-hybridized carbons (Fsp3) is 0.500. The van der Waals surface area contributed by atoms with E-state index in [2.05, 4.69) is 4.98 Å². The Labute approximate surface area is 67.0 Å². The maximum Gasteiger partial charge on any atom is 0.406 e. The molecule has 12 heavy (non-hydrogen) atoms. The van der Waals surface area contributed by atoms with Crippen molar-refractivity contribution in [3.8, 4) is 0 Å². The summed E-state index contributed by atoms with van der Waals surface area (Å²) < 4.78 is 36.3. The van der Waals surface area contributed by atoms with Crippen LogP contribution >= 0.6 is 0 Å². The first-order chi connectivity index (χ1) is 5.38. The molecular weight excluding hydrogens is 171 g/mol. The van der Waals surface area contributed by atoms with Gasteiger partial charge < -0.3 is 10.3 Å². The smallest absolute Gasteiger partial charge is 0.369 e. The van der Waals surface area contributed by atoms with Crippen LogP contribution < -0.4 is 5.73 Å². The molecule has 1 aromatic rings. The first-order valence-electron chi connectivity index (χ1n) is 3.24. The summed E-state index contributed by atoms with van der Waals surface area (Å²) in [6.45, 7) is 0.503. The summed E-state index contributed by atoms with van der Waals surface area (Å²) in [4.78, 5) is 3.64. The molecule has 0 spiro atoms. The number of hydrogen-bond acceptors (Lipinski definition) is 2. The Balaban J connectivity index is 2.82. The summed E-state index contributed by atoms with van der Waals surface area (Å²) in [5.74, 6) is -0.107. The van der Waals surface area contributed by atoms with Crippen molar-refractivity contribution in [2.24, 2.45) is 0 Å². The number of nitrogens with two attached hydrogens (primary N) is 1. The van der Waals surface area contributed by atoms with Gasteiger partial charge in [-0.3, -0.25) is 0 Å². The van der Waals surface area contributed by atoms with Crippen molar-refractivity contribution in [1.29, 1.82) is 0 Å². The van der Waals surface area contributed by atoms with E-state index < -0.39 is 12.7 Å². The highest BCUT2D eigenvalue weighted by Crippen LogP contribution is 2.19. The van der Waals surface area contributed by atoms with Gasteiger partial charge in [0.25, 0.3) is 0 Å². The van der Waals surface area contributed by atoms with Crippen LogP contribution in [0.5, 0.6) is 0 Å². The molecule has 0 saturated heterocycles. The van der Waals surface area contributed by atoms with E-state index >= 15 is 0 Å². The van der Waals surface area contributed by atoms with Gasteiger partial charge in [-0.25, -0.2) is 4.98 Å². The molecule has 1 rings (SSSR count). The van der Waals surface area contributed by atoms with Crippen LogP contribution in [-0.2, 0) is 6.54 Å². The Morgan fingerprint density at radius 2 is 2.17 bits per heavy atom. The van der Waals surface area contributed by atoms with Gasteiger partial charge in [0.2, 0.25) is 5.95 Å². The number of halogens is 3. The van der Waals surface area contributed by atoms with Crippen LogP contribution in [0.2, 0.25) is 0 Å². The van der Waals surface area contributed by atoms with Crippen LogP contribution in [0, 0.1) is 6.92 Å². The minimum Gasteiger partial charge on any atom is -0.369 e. The highest BCUT2D eigenvalue weighted by Gasteiger charge is 2.28. The molecule has 0 amide bonds. The summed E-state index contributed by atoms with van der Waals surface area (Å²) in [6.07, 6.45) is -2.98. The van der Waals surface area contributed by atoms with Crippen molar-refractivity contribution in [3.05, 3.63) is 11.9 Å². The van der Waals surface area contributed by atoms with Crippen LogP contribution in [0.3, 0.4) is 0 Å². The predicted octanol–water partition coefficient (Wildman–Crippen LogP) is 1.34. The van der Waals surface area contributed by atoms with Crippen LogP contribution in [0.25, 0.3) is 0 Å². The van der Waals surface area contributed by atoms with E-state index in [4.69, 9.17) is 5.73 Å². The van der Waals surface area contributed by atoms with Gasteiger partial charge in [-0.05, 0) is 6.92 Å². The maximum absolute atomic E-state index is 11.8. The number of alkyl halides is 3. The summed E-state index contributed by atoms with van der Waals surface area (Å²) >= 11 is 0. The molecule has 0 saturated carbocycles. The van der Waals surface area contributed by atoms with E-state index in [9.17, 15) is 13.2 Å². The number of nitrogen functional groups attached to an aromatic ring is 1. The maximum atomic E-state index is 11.8. The van der Waals surface area contributed by atoms with Crippen LogP contribution in [0.15, 0.2) is 6.20 Å². The molecule has 0 unspecified atom stereocenters. The Kier molecular flexibility index (Phi) is 1.99. The van der Waals surface area contributed by atoms with E-state index in [-0.39, 0.29) is 5.95 Å². The van der Waals surface area contributed by atoms with Gasteiger partial charge in [0.1, 0.15) is 6.54 Å². The lowest BCUT2D eigenvalue weighted by molar-refractivity contribution is -0.140. The van der Waals surface area contributed by atoms with Gasteiger partial charge in [0, 0.05) is 6.20 Å². The third-order valence-corrected chi connectivity index (χ3v) is 1.28. The molecule has 1 aromatic heterocycles. The van der Waals surface area contributed by atoms with Gasteiger partial charge in [-0.1, -0.05) is 0 Å². The average Bonchev–Trinajstić information content (AvgIpc) is 2.06. The molecule has 1 heterocycles. The lowest BCUT2D eigenvalue weighted by Gasteiger charge is -2.07. The Hall–Kier alpha value is -1.20. The molecule has 0 aliphatic rings. The zero-order chi connectivity index (χ0) is 9.35. The Morgan fingerprint density at radius 1 is 1.58 bits per heavy atom. The summed E-state index contributed by atoms with van der Waals surface area (Å²) in [5, 5.41) is 0. The van der Waals surface area contributed by atoms with E-state index in [0.29, 0.717) is 5.69 Å². The third-order valence-electron chi connectivity index (χ3n) is 1.28. The van der Waals surface area contributed by atoms with Crippen LogP contribution in [0.1, 0.15) is 5.69 Å². The molecule has 2 N–H and O–H groups in total. The van der Waals surface area contributed by atoms with E-state index in [1.807, 2.05) is 0 Å². The molecule has 0 aliphatic carbocycles. The second-order valence-electron chi connectivity index (χ2n) is 2.48. The average molecular weight is 179 g/mol. The van der Waals surface area contributed by atoms with Crippen molar-refractivity contribution in [3.63, 3.8) is 0 Å². The molecule has 0 aliphatic heterocycles. The molecule has 0 radical (unpaired) electrons. The number of nitrogens with zero attached hydrogens (tertiary/aromatic N) is 2. The van der Waals surface area contributed by atoms with Gasteiger partial charge in [-0.2, -0.15) is 13.2 Å².